The largest absolute Gasteiger partial charge is 0.458 e. The first-order valence-electron chi connectivity index (χ1n) is 25.9. The molecule has 366 valence electrons. The summed E-state index contributed by atoms with van der Waals surface area (Å²) < 4.78 is 13.9. The number of nitrogens with zero attached hydrogens (tertiary/aromatic N) is 4. The summed E-state index contributed by atoms with van der Waals surface area (Å²) in [5.74, 6) is 2.32. The van der Waals surface area contributed by atoms with Gasteiger partial charge in [-0.3, -0.25) is 13.7 Å². The van der Waals surface area contributed by atoms with Gasteiger partial charge < -0.3 is 4.74 Å². The molecule has 0 atom stereocenters. The lowest BCUT2D eigenvalue weighted by molar-refractivity contribution is -0.611. The Morgan fingerprint density at radius 1 is 0.432 bits per heavy atom. The van der Waals surface area contributed by atoms with Crippen LogP contribution < -0.4 is 9.30 Å². The second-order valence-electron chi connectivity index (χ2n) is 22.4. The first-order valence-corrected chi connectivity index (χ1v) is 25.9. The molecule has 0 aliphatic rings. The summed E-state index contributed by atoms with van der Waals surface area (Å²) in [7, 11) is 0. The van der Waals surface area contributed by atoms with Crippen LogP contribution in [0, 0.1) is 6.33 Å². The highest BCUT2D eigenvalue weighted by Crippen LogP contribution is 2.43. The molecule has 0 saturated heterocycles. The Balaban J connectivity index is 1.09. The van der Waals surface area contributed by atoms with Crippen LogP contribution in [0.4, 0.5) is 0 Å². The van der Waals surface area contributed by atoms with E-state index in [4.69, 9.17) is 9.72 Å². The summed E-state index contributed by atoms with van der Waals surface area (Å²) in [6, 6.07) is 78.2. The molecule has 0 spiro atoms. The number of hydrogen-bond acceptors (Lipinski definition) is 2. The lowest BCUT2D eigenvalue weighted by Crippen LogP contribution is -2.43. The number of pyridine rings is 1. The van der Waals surface area contributed by atoms with E-state index in [2.05, 4.69) is 295 Å². The van der Waals surface area contributed by atoms with Crippen molar-refractivity contribution < 1.29 is 9.30 Å². The first-order chi connectivity index (χ1) is 35.6. The fourth-order valence-corrected chi connectivity index (χ4v) is 10.9. The monoisotopic (exact) mass is 965 g/mol. The number of aromatic nitrogens is 4. The Morgan fingerprint density at radius 3 is 1.69 bits per heavy atom. The Labute approximate surface area is 437 Å². The molecule has 0 radical (unpaired) electrons. The molecule has 11 aromatic rings. The van der Waals surface area contributed by atoms with Crippen LogP contribution in [-0.2, 0) is 21.7 Å². The first kappa shape index (κ1) is 48.0. The molecule has 3 aromatic heterocycles. The quantitative estimate of drug-likeness (QED) is 0.0903. The third kappa shape index (κ3) is 8.70. The Bertz CT molecular complexity index is 3800. The number of rotatable bonds is 12. The van der Waals surface area contributed by atoms with Crippen LogP contribution in [0.1, 0.15) is 102 Å². The maximum atomic E-state index is 7.00. The van der Waals surface area contributed by atoms with Crippen LogP contribution in [-0.4, -0.2) is 14.1 Å². The fraction of sp³-hybridized carbons (Fsp3) is 0.188. The van der Waals surface area contributed by atoms with Crippen molar-refractivity contribution in [2.75, 3.05) is 0 Å². The van der Waals surface area contributed by atoms with E-state index < -0.39 is 10.8 Å². The van der Waals surface area contributed by atoms with Gasteiger partial charge in [0, 0.05) is 39.3 Å². The van der Waals surface area contributed by atoms with Crippen LogP contribution in [0.25, 0.3) is 50.1 Å². The zero-order valence-electron chi connectivity index (χ0n) is 44.1. The van der Waals surface area contributed by atoms with Crippen molar-refractivity contribution in [2.24, 2.45) is 0 Å². The Morgan fingerprint density at radius 2 is 1.03 bits per heavy atom. The molecule has 5 heteroatoms. The van der Waals surface area contributed by atoms with Crippen LogP contribution >= 0.6 is 0 Å². The van der Waals surface area contributed by atoms with Crippen LogP contribution in [0.5, 0.6) is 11.5 Å². The molecule has 0 amide bonds. The van der Waals surface area contributed by atoms with Crippen molar-refractivity contribution in [1.82, 2.24) is 14.1 Å². The molecule has 8 aromatic carbocycles. The van der Waals surface area contributed by atoms with Crippen molar-refractivity contribution in [3.63, 3.8) is 0 Å². The summed E-state index contributed by atoms with van der Waals surface area (Å²) in [6.07, 6.45) is 5.94. The van der Waals surface area contributed by atoms with Crippen molar-refractivity contribution in [3.05, 3.63) is 270 Å². The maximum Gasteiger partial charge on any atom is 0.269 e. The maximum absolute atomic E-state index is 7.00. The summed E-state index contributed by atoms with van der Waals surface area (Å²) in [6.45, 7) is 20.7. The molecule has 11 rings (SSSR count). The van der Waals surface area contributed by atoms with E-state index in [1.54, 1.807) is 0 Å². The topological polar surface area (TPSA) is 35.9 Å². The van der Waals surface area contributed by atoms with E-state index in [9.17, 15) is 0 Å². The van der Waals surface area contributed by atoms with E-state index in [0.717, 1.165) is 61.9 Å². The molecule has 0 aliphatic carbocycles. The normalized spacial score (nSPS) is 12.4. The summed E-state index contributed by atoms with van der Waals surface area (Å²) in [5, 5.41) is 2.29. The Kier molecular flexibility index (Phi) is 12.1. The molecule has 5 nitrogen and oxygen atoms in total. The highest BCUT2D eigenvalue weighted by molar-refractivity contribution is 6.10. The molecular weight excluding hydrogens is 901 g/mol. The lowest BCUT2D eigenvalue weighted by Gasteiger charge is -2.35. The molecule has 0 N–H and O–H groups in total. The SMILES string of the molecule is CC(C)(C)c1ccnc(-n2c3ccc(-c4ccccc4)cc3c3ccc(Oc4cccc(-n5[c-][n+](-c6cccc(C(C)(C)c7ccccc7)c6)c(C(C)(C)c6ccccc6)c5C(C)(C)c5ccccc5)c4)cc32)c1. The average molecular weight is 965 g/mol. The van der Waals surface area contributed by atoms with E-state index in [1.807, 2.05) is 12.3 Å². The van der Waals surface area contributed by atoms with Gasteiger partial charge in [-0.2, -0.15) is 0 Å². The summed E-state index contributed by atoms with van der Waals surface area (Å²) >= 11 is 0. The van der Waals surface area contributed by atoms with Crippen LogP contribution in [0.3, 0.4) is 0 Å². The zero-order chi connectivity index (χ0) is 51.4. The minimum absolute atomic E-state index is 0.0514. The van der Waals surface area contributed by atoms with E-state index in [0.29, 0.717) is 0 Å². The second-order valence-corrected chi connectivity index (χ2v) is 22.4. The number of benzene rings is 8. The molecule has 0 saturated carbocycles. The number of hydrogen-bond donors (Lipinski definition) is 0. The second kappa shape index (κ2) is 18.6. The molecule has 0 unspecified atom stereocenters. The van der Waals surface area contributed by atoms with Gasteiger partial charge in [0.15, 0.2) is 0 Å². The third-order valence-corrected chi connectivity index (χ3v) is 15.4. The molecule has 0 bridgehead atoms. The average Bonchev–Trinajstić information content (AvgIpc) is 4.00. The van der Waals surface area contributed by atoms with Gasteiger partial charge in [-0.05, 0) is 111 Å². The van der Waals surface area contributed by atoms with E-state index in [-0.39, 0.29) is 10.8 Å². The minimum atomic E-state index is -0.487. The van der Waals surface area contributed by atoms with Gasteiger partial charge in [-0.25, -0.2) is 4.98 Å². The van der Waals surface area contributed by atoms with E-state index >= 15 is 0 Å². The smallest absolute Gasteiger partial charge is 0.269 e. The number of imidazole rings is 1. The predicted octanol–water partition coefficient (Wildman–Crippen LogP) is 16.8. The molecule has 74 heavy (non-hydrogen) atoms. The minimum Gasteiger partial charge on any atom is -0.458 e. The third-order valence-electron chi connectivity index (χ3n) is 15.4. The van der Waals surface area contributed by atoms with E-state index in [1.165, 1.54) is 38.9 Å². The van der Waals surface area contributed by atoms with Crippen LogP contribution in [0.15, 0.2) is 225 Å². The highest BCUT2D eigenvalue weighted by atomic mass is 16.5. The number of fused-ring (bicyclic) bond motifs is 3. The van der Waals surface area contributed by atoms with Crippen molar-refractivity contribution in [3.8, 4) is 39.8 Å². The predicted molar refractivity (Wildman–Crippen MR) is 305 cm³/mol. The van der Waals surface area contributed by atoms with Gasteiger partial charge >= 0.3 is 0 Å². The van der Waals surface area contributed by atoms with Gasteiger partial charge in [0.05, 0.1) is 33.8 Å². The van der Waals surface area contributed by atoms with Gasteiger partial charge in [0.25, 0.3) is 6.33 Å². The lowest BCUT2D eigenvalue weighted by atomic mass is 9.73. The fourth-order valence-electron chi connectivity index (χ4n) is 10.9. The molecule has 3 heterocycles. The van der Waals surface area contributed by atoms with Gasteiger partial charge in [0.2, 0.25) is 0 Å². The highest BCUT2D eigenvalue weighted by Gasteiger charge is 2.40. The van der Waals surface area contributed by atoms with Gasteiger partial charge in [-0.15, -0.1) is 0 Å². The molecule has 0 fully saturated rings. The number of ether oxygens (including phenoxy) is 1. The summed E-state index contributed by atoms with van der Waals surface area (Å²) in [4.78, 5) is 5.00. The van der Waals surface area contributed by atoms with Crippen molar-refractivity contribution in [2.45, 2.75) is 84.0 Å². The standard InChI is InChI=1S/C69H64N4O/c1-66(2,3)53-40-41-70-63(44-53)73-61-39-36-49(48-24-14-10-15-25-48)42-60(61)59-38-37-58(46-62(59)73)74-57-35-23-34-56(45-57)72-47-71(55-33-22-32-54(43-55)67(4,5)50-26-16-11-17-27-50)64(68(6,7)51-28-18-12-19-29-51)65(72)69(8,9)52-30-20-13-21-31-52/h10-46H,1-9H3. The van der Waals surface area contributed by atoms with Gasteiger partial charge in [0.1, 0.15) is 17.3 Å². The molecule has 0 aliphatic heterocycles. The van der Waals surface area contributed by atoms with Crippen molar-refractivity contribution >= 4 is 21.8 Å². The summed E-state index contributed by atoms with van der Waals surface area (Å²) in [5.41, 5.74) is 13.6. The van der Waals surface area contributed by atoms with Crippen LogP contribution in [0.2, 0.25) is 0 Å². The zero-order valence-corrected chi connectivity index (χ0v) is 44.1. The molecular formula is C69H64N4O. The Hall–Kier alpha value is -8.28. The van der Waals surface area contributed by atoms with Crippen molar-refractivity contribution in [1.29, 1.82) is 0 Å². The van der Waals surface area contributed by atoms with Gasteiger partial charge in [-0.1, -0.05) is 208 Å².